The summed E-state index contributed by atoms with van der Waals surface area (Å²) in [6.07, 6.45) is 4.72. The van der Waals surface area contributed by atoms with Gasteiger partial charge in [-0.1, -0.05) is 44.2 Å². The highest BCUT2D eigenvalue weighted by Gasteiger charge is 2.31. The van der Waals surface area contributed by atoms with Crippen molar-refractivity contribution in [3.8, 4) is 0 Å². The molecule has 0 saturated carbocycles. The van der Waals surface area contributed by atoms with E-state index in [1.807, 2.05) is 0 Å². The molecule has 1 aromatic rings. The van der Waals surface area contributed by atoms with E-state index in [9.17, 15) is 0 Å². The van der Waals surface area contributed by atoms with Crippen LogP contribution in [0.15, 0.2) is 30.3 Å². The summed E-state index contributed by atoms with van der Waals surface area (Å²) >= 11 is 0. The molecule has 0 bridgehead atoms. The van der Waals surface area contributed by atoms with Crippen molar-refractivity contribution < 1.29 is 0 Å². The molecule has 1 saturated heterocycles. The highest BCUT2D eigenvalue weighted by molar-refractivity contribution is 5.15. The normalized spacial score (nSPS) is 29.4. The van der Waals surface area contributed by atoms with E-state index in [2.05, 4.69) is 49.1 Å². The Kier molecular flexibility index (Phi) is 4.79. The van der Waals surface area contributed by atoms with Crippen LogP contribution in [0.3, 0.4) is 0 Å². The fraction of sp³-hybridized carbons (Fsp3) is 0.625. The molecule has 1 aliphatic heterocycles. The Hall–Kier alpha value is -0.860. The van der Waals surface area contributed by atoms with Crippen molar-refractivity contribution >= 4 is 0 Å². The first-order valence-electron chi connectivity index (χ1n) is 7.29. The number of piperidine rings is 1. The first-order chi connectivity index (χ1) is 8.74. The highest BCUT2D eigenvalue weighted by Crippen LogP contribution is 2.28. The third kappa shape index (κ3) is 3.12. The van der Waals surface area contributed by atoms with Crippen molar-refractivity contribution in [2.75, 3.05) is 0 Å². The maximum atomic E-state index is 6.20. The first kappa shape index (κ1) is 13.6. The summed E-state index contributed by atoms with van der Waals surface area (Å²) in [5.41, 5.74) is 7.62. The zero-order valence-corrected chi connectivity index (χ0v) is 11.7. The molecule has 1 aromatic carbocycles. The number of hydrogen-bond donors (Lipinski definition) is 1. The molecule has 0 spiro atoms. The van der Waals surface area contributed by atoms with E-state index in [4.69, 9.17) is 5.73 Å². The largest absolute Gasteiger partial charge is 0.328 e. The zero-order chi connectivity index (χ0) is 13.0. The second-order valence-corrected chi connectivity index (χ2v) is 5.51. The molecular formula is C16H26N2. The van der Waals surface area contributed by atoms with Crippen LogP contribution in [0.2, 0.25) is 0 Å². The number of benzene rings is 1. The van der Waals surface area contributed by atoms with E-state index in [1.54, 1.807) is 0 Å². The number of nitrogens with zero attached hydrogens (tertiary/aromatic N) is 1. The summed E-state index contributed by atoms with van der Waals surface area (Å²) < 4.78 is 0. The summed E-state index contributed by atoms with van der Waals surface area (Å²) in [4.78, 5) is 2.68. The van der Waals surface area contributed by atoms with E-state index in [-0.39, 0.29) is 0 Å². The van der Waals surface area contributed by atoms with Crippen LogP contribution in [-0.2, 0) is 6.54 Å². The van der Waals surface area contributed by atoms with Crippen molar-refractivity contribution in [2.45, 2.75) is 64.2 Å². The van der Waals surface area contributed by atoms with Crippen molar-refractivity contribution in [2.24, 2.45) is 5.73 Å². The summed E-state index contributed by atoms with van der Waals surface area (Å²) in [6, 6.07) is 12.5. The zero-order valence-electron chi connectivity index (χ0n) is 11.7. The molecule has 18 heavy (non-hydrogen) atoms. The van der Waals surface area contributed by atoms with Gasteiger partial charge in [0.05, 0.1) is 0 Å². The molecule has 1 aliphatic rings. The van der Waals surface area contributed by atoms with Crippen LogP contribution in [0, 0.1) is 0 Å². The van der Waals surface area contributed by atoms with Gasteiger partial charge in [0.2, 0.25) is 0 Å². The molecule has 2 heteroatoms. The Balaban J connectivity index is 2.11. The van der Waals surface area contributed by atoms with E-state index in [0.29, 0.717) is 18.1 Å². The fourth-order valence-electron chi connectivity index (χ4n) is 3.22. The molecule has 2 nitrogen and oxygen atoms in total. The Bertz CT molecular complexity index is 335. The van der Waals surface area contributed by atoms with Gasteiger partial charge in [-0.3, -0.25) is 4.90 Å². The molecule has 100 valence electrons. The van der Waals surface area contributed by atoms with Crippen LogP contribution in [0.25, 0.3) is 0 Å². The molecule has 3 atom stereocenters. The molecule has 1 unspecified atom stereocenters. The van der Waals surface area contributed by atoms with Crippen molar-refractivity contribution in [1.29, 1.82) is 0 Å². The van der Waals surface area contributed by atoms with Gasteiger partial charge in [0.25, 0.3) is 0 Å². The molecule has 1 fully saturated rings. The predicted molar refractivity (Wildman–Crippen MR) is 77.4 cm³/mol. The molecule has 1 heterocycles. The van der Waals surface area contributed by atoms with E-state index >= 15 is 0 Å². The van der Waals surface area contributed by atoms with Gasteiger partial charge in [-0.25, -0.2) is 0 Å². The standard InChI is InChI=1S/C16H26N2/c1-3-15-10-14(17)11-16(4-2)18(15)12-13-8-6-5-7-9-13/h5-9,14-16H,3-4,10-12,17H2,1-2H3/t14?,15-,16+. The van der Waals surface area contributed by atoms with Gasteiger partial charge < -0.3 is 5.73 Å². The minimum Gasteiger partial charge on any atom is -0.328 e. The summed E-state index contributed by atoms with van der Waals surface area (Å²) in [6.45, 7) is 5.64. The average Bonchev–Trinajstić information content (AvgIpc) is 2.41. The number of nitrogens with two attached hydrogens (primary N) is 1. The van der Waals surface area contributed by atoms with E-state index in [1.165, 1.54) is 18.4 Å². The molecule has 0 radical (unpaired) electrons. The van der Waals surface area contributed by atoms with Crippen LogP contribution < -0.4 is 5.73 Å². The van der Waals surface area contributed by atoms with Crippen molar-refractivity contribution in [3.63, 3.8) is 0 Å². The molecule has 2 N–H and O–H groups in total. The quantitative estimate of drug-likeness (QED) is 0.884. The molecule has 0 aliphatic carbocycles. The Morgan fingerprint density at radius 2 is 1.61 bits per heavy atom. The van der Waals surface area contributed by atoms with Gasteiger partial charge in [0.1, 0.15) is 0 Å². The van der Waals surface area contributed by atoms with Crippen molar-refractivity contribution in [3.05, 3.63) is 35.9 Å². The van der Waals surface area contributed by atoms with Gasteiger partial charge in [-0.15, -0.1) is 0 Å². The molecule has 2 rings (SSSR count). The lowest BCUT2D eigenvalue weighted by atomic mass is 9.88. The van der Waals surface area contributed by atoms with Crippen LogP contribution in [0.5, 0.6) is 0 Å². The third-order valence-electron chi connectivity index (χ3n) is 4.24. The number of rotatable bonds is 4. The summed E-state index contributed by atoms with van der Waals surface area (Å²) in [7, 11) is 0. The second kappa shape index (κ2) is 6.35. The van der Waals surface area contributed by atoms with Gasteiger partial charge in [0, 0.05) is 24.7 Å². The topological polar surface area (TPSA) is 29.3 Å². The Labute approximate surface area is 111 Å². The lowest BCUT2D eigenvalue weighted by Crippen LogP contribution is -2.51. The minimum atomic E-state index is 0.395. The lowest BCUT2D eigenvalue weighted by molar-refractivity contribution is 0.0596. The van der Waals surface area contributed by atoms with Crippen LogP contribution in [0.4, 0.5) is 0 Å². The lowest BCUT2D eigenvalue weighted by Gasteiger charge is -2.44. The monoisotopic (exact) mass is 246 g/mol. The van der Waals surface area contributed by atoms with Gasteiger partial charge in [-0.05, 0) is 31.2 Å². The number of likely N-dealkylation sites (tertiary alicyclic amines) is 1. The SMILES string of the molecule is CC[C@@H]1CC(N)C[C@H](CC)N1Cc1ccccc1. The van der Waals surface area contributed by atoms with Gasteiger partial charge >= 0.3 is 0 Å². The van der Waals surface area contributed by atoms with Crippen LogP contribution in [0.1, 0.15) is 45.1 Å². The highest BCUT2D eigenvalue weighted by atomic mass is 15.2. The van der Waals surface area contributed by atoms with Gasteiger partial charge in [-0.2, -0.15) is 0 Å². The number of hydrogen-bond acceptors (Lipinski definition) is 2. The Morgan fingerprint density at radius 3 is 2.11 bits per heavy atom. The molecular weight excluding hydrogens is 220 g/mol. The second-order valence-electron chi connectivity index (χ2n) is 5.51. The molecule has 0 aromatic heterocycles. The minimum absolute atomic E-state index is 0.395. The first-order valence-corrected chi connectivity index (χ1v) is 7.29. The third-order valence-corrected chi connectivity index (χ3v) is 4.24. The van der Waals surface area contributed by atoms with E-state index < -0.39 is 0 Å². The smallest absolute Gasteiger partial charge is 0.0239 e. The summed E-state index contributed by atoms with van der Waals surface area (Å²) in [5, 5.41) is 0. The molecule has 0 amide bonds. The van der Waals surface area contributed by atoms with E-state index in [0.717, 1.165) is 19.4 Å². The fourth-order valence-corrected chi connectivity index (χ4v) is 3.22. The summed E-state index contributed by atoms with van der Waals surface area (Å²) in [5.74, 6) is 0. The van der Waals surface area contributed by atoms with Crippen LogP contribution >= 0.6 is 0 Å². The average molecular weight is 246 g/mol. The van der Waals surface area contributed by atoms with Crippen molar-refractivity contribution in [1.82, 2.24) is 4.90 Å². The van der Waals surface area contributed by atoms with Gasteiger partial charge in [0.15, 0.2) is 0 Å². The maximum Gasteiger partial charge on any atom is 0.0239 e. The van der Waals surface area contributed by atoms with Crippen LogP contribution in [-0.4, -0.2) is 23.0 Å². The maximum absolute atomic E-state index is 6.20. The Morgan fingerprint density at radius 1 is 1.06 bits per heavy atom. The predicted octanol–water partition coefficient (Wildman–Crippen LogP) is 3.17.